The van der Waals surface area contributed by atoms with Crippen molar-refractivity contribution in [2.24, 2.45) is 5.92 Å². The van der Waals surface area contributed by atoms with Crippen LogP contribution < -0.4 is 9.26 Å². The van der Waals surface area contributed by atoms with Crippen molar-refractivity contribution in [1.82, 2.24) is 0 Å². The van der Waals surface area contributed by atoms with Crippen molar-refractivity contribution in [1.29, 1.82) is 0 Å². The van der Waals surface area contributed by atoms with E-state index in [0.717, 1.165) is 49.7 Å². The molecular formula is C21H31O5P. The summed E-state index contributed by atoms with van der Waals surface area (Å²) >= 11 is 0. The summed E-state index contributed by atoms with van der Waals surface area (Å²) in [6.07, 6.45) is 8.34. The number of allylic oxidation sites excluding steroid dienone is 2. The number of ether oxygens (including phenoxy) is 1. The van der Waals surface area contributed by atoms with Gasteiger partial charge in [0, 0.05) is 17.4 Å². The molecule has 0 bridgehead atoms. The van der Waals surface area contributed by atoms with Gasteiger partial charge in [-0.15, -0.1) is 0 Å². The van der Waals surface area contributed by atoms with Crippen LogP contribution in [0.2, 0.25) is 0 Å². The molecule has 2 aliphatic rings. The molecule has 5 nitrogen and oxygen atoms in total. The third-order valence-corrected chi connectivity index (χ3v) is 6.23. The molecule has 27 heavy (non-hydrogen) atoms. The van der Waals surface area contributed by atoms with Gasteiger partial charge in [-0.05, 0) is 64.2 Å². The van der Waals surface area contributed by atoms with E-state index in [9.17, 15) is 14.4 Å². The lowest BCUT2D eigenvalue weighted by Gasteiger charge is -2.46. The fraction of sp³-hybridized carbons (Fsp3) is 0.619. The zero-order valence-corrected chi connectivity index (χ0v) is 17.6. The number of unbranched alkanes of at least 4 members (excludes halogenated alkanes) is 2. The Morgan fingerprint density at radius 2 is 2.04 bits per heavy atom. The standard InChI is InChI=1S/C21H31O5P/c1-5-6-7-8-15-12-18-20(19(13-15)26-27(22,23)24)16-11-14(2)9-10-17(16)21(3,4)25-18/h11-13,16-17H,5-10H2,1-4H3,(H2,22,23,24). The minimum atomic E-state index is -4.66. The first kappa shape index (κ1) is 20.4. The van der Waals surface area contributed by atoms with Gasteiger partial charge in [0.15, 0.2) is 0 Å². The molecule has 0 amide bonds. The second-order valence-electron chi connectivity index (χ2n) is 8.43. The number of rotatable bonds is 6. The molecule has 1 aliphatic heterocycles. The Bertz CT molecular complexity index is 777. The summed E-state index contributed by atoms with van der Waals surface area (Å²) in [4.78, 5) is 18.9. The molecule has 0 saturated heterocycles. The van der Waals surface area contributed by atoms with E-state index in [2.05, 4.69) is 33.8 Å². The Morgan fingerprint density at radius 3 is 2.70 bits per heavy atom. The molecule has 3 rings (SSSR count). The van der Waals surface area contributed by atoms with Crippen LogP contribution in [0.25, 0.3) is 0 Å². The molecule has 1 aromatic carbocycles. The van der Waals surface area contributed by atoms with Gasteiger partial charge in [0.25, 0.3) is 0 Å². The van der Waals surface area contributed by atoms with E-state index in [1.54, 1.807) is 6.07 Å². The molecular weight excluding hydrogens is 363 g/mol. The van der Waals surface area contributed by atoms with Crippen LogP contribution in [0, 0.1) is 5.92 Å². The lowest BCUT2D eigenvalue weighted by atomic mass is 9.68. The third kappa shape index (κ3) is 4.59. The number of benzene rings is 1. The maximum Gasteiger partial charge on any atom is 0.524 e. The lowest BCUT2D eigenvalue weighted by molar-refractivity contribution is 0.0109. The molecule has 0 spiro atoms. The van der Waals surface area contributed by atoms with Crippen LogP contribution in [-0.2, 0) is 11.0 Å². The highest BCUT2D eigenvalue weighted by Gasteiger charge is 2.45. The zero-order valence-electron chi connectivity index (χ0n) is 16.7. The van der Waals surface area contributed by atoms with E-state index in [0.29, 0.717) is 5.75 Å². The molecule has 2 N–H and O–H groups in total. The number of phosphoric acid groups is 1. The minimum absolute atomic E-state index is 0.0451. The van der Waals surface area contributed by atoms with Crippen molar-refractivity contribution < 1.29 is 23.6 Å². The van der Waals surface area contributed by atoms with Gasteiger partial charge in [0.1, 0.15) is 17.1 Å². The number of aryl methyl sites for hydroxylation is 1. The molecule has 0 aromatic heterocycles. The third-order valence-electron chi connectivity index (χ3n) is 5.80. The summed E-state index contributed by atoms with van der Waals surface area (Å²) in [6.45, 7) is 8.48. The summed E-state index contributed by atoms with van der Waals surface area (Å²) in [5.41, 5.74) is 2.74. The number of fused-ring (bicyclic) bond motifs is 3. The monoisotopic (exact) mass is 394 g/mol. The van der Waals surface area contributed by atoms with Crippen LogP contribution in [0.1, 0.15) is 76.8 Å². The van der Waals surface area contributed by atoms with Crippen molar-refractivity contribution >= 4 is 7.82 Å². The van der Waals surface area contributed by atoms with E-state index in [4.69, 9.17) is 9.26 Å². The van der Waals surface area contributed by atoms with Gasteiger partial charge < -0.3 is 9.26 Å². The molecule has 6 heteroatoms. The van der Waals surface area contributed by atoms with E-state index in [1.807, 2.05) is 6.07 Å². The Hall–Kier alpha value is -1.29. The smallest absolute Gasteiger partial charge is 0.487 e. The number of hydrogen-bond acceptors (Lipinski definition) is 3. The van der Waals surface area contributed by atoms with Crippen molar-refractivity contribution in [3.8, 4) is 11.5 Å². The predicted molar refractivity (Wildman–Crippen MR) is 106 cm³/mol. The van der Waals surface area contributed by atoms with E-state index in [-0.39, 0.29) is 23.2 Å². The molecule has 1 heterocycles. The van der Waals surface area contributed by atoms with Crippen LogP contribution in [0.3, 0.4) is 0 Å². The Morgan fingerprint density at radius 1 is 1.30 bits per heavy atom. The molecule has 0 saturated carbocycles. The van der Waals surface area contributed by atoms with E-state index < -0.39 is 7.82 Å². The average molecular weight is 394 g/mol. The van der Waals surface area contributed by atoms with Crippen molar-refractivity contribution in [2.75, 3.05) is 0 Å². The summed E-state index contributed by atoms with van der Waals surface area (Å²) in [5.74, 6) is 1.26. The molecule has 2 unspecified atom stereocenters. The molecule has 1 aromatic rings. The fourth-order valence-electron chi connectivity index (χ4n) is 4.49. The highest BCUT2D eigenvalue weighted by Crippen LogP contribution is 2.55. The van der Waals surface area contributed by atoms with Crippen molar-refractivity contribution in [2.45, 2.75) is 77.7 Å². The zero-order chi connectivity index (χ0) is 19.8. The summed E-state index contributed by atoms with van der Waals surface area (Å²) in [7, 11) is -4.66. The maximum absolute atomic E-state index is 11.6. The largest absolute Gasteiger partial charge is 0.524 e. The first-order valence-corrected chi connectivity index (χ1v) is 11.4. The molecule has 1 aliphatic carbocycles. The van der Waals surface area contributed by atoms with Gasteiger partial charge in [0.05, 0.1) is 0 Å². The number of hydrogen-bond donors (Lipinski definition) is 2. The average Bonchev–Trinajstić information content (AvgIpc) is 2.52. The highest BCUT2D eigenvalue weighted by atomic mass is 31.2. The fourth-order valence-corrected chi connectivity index (χ4v) is 4.90. The first-order valence-electron chi connectivity index (χ1n) is 9.89. The van der Waals surface area contributed by atoms with E-state index in [1.165, 1.54) is 5.57 Å². The molecule has 0 fully saturated rings. The maximum atomic E-state index is 11.6. The lowest BCUT2D eigenvalue weighted by Crippen LogP contribution is -2.45. The highest BCUT2D eigenvalue weighted by molar-refractivity contribution is 7.46. The van der Waals surface area contributed by atoms with Crippen LogP contribution in [0.15, 0.2) is 23.8 Å². The van der Waals surface area contributed by atoms with Gasteiger partial charge in [-0.1, -0.05) is 31.4 Å². The van der Waals surface area contributed by atoms with Gasteiger partial charge >= 0.3 is 7.82 Å². The van der Waals surface area contributed by atoms with Crippen molar-refractivity contribution in [3.63, 3.8) is 0 Å². The van der Waals surface area contributed by atoms with Gasteiger partial charge in [-0.2, -0.15) is 0 Å². The van der Waals surface area contributed by atoms with Gasteiger partial charge in [-0.3, -0.25) is 9.79 Å². The summed E-state index contributed by atoms with van der Waals surface area (Å²) in [5, 5.41) is 0. The minimum Gasteiger partial charge on any atom is -0.487 e. The summed E-state index contributed by atoms with van der Waals surface area (Å²) < 4.78 is 23.1. The van der Waals surface area contributed by atoms with Crippen LogP contribution in [0.4, 0.5) is 0 Å². The Balaban J connectivity index is 2.10. The molecule has 0 radical (unpaired) electrons. The Labute approximate surface area is 162 Å². The number of phosphoric ester groups is 1. The predicted octanol–water partition coefficient (Wildman–Crippen LogP) is 5.50. The van der Waals surface area contributed by atoms with Crippen LogP contribution >= 0.6 is 7.82 Å². The molecule has 150 valence electrons. The summed E-state index contributed by atoms with van der Waals surface area (Å²) in [6, 6.07) is 3.83. The van der Waals surface area contributed by atoms with E-state index >= 15 is 0 Å². The first-order chi connectivity index (χ1) is 12.6. The van der Waals surface area contributed by atoms with Crippen molar-refractivity contribution in [3.05, 3.63) is 34.9 Å². The second kappa shape index (κ2) is 7.62. The normalized spacial score (nSPS) is 23.7. The second-order valence-corrected chi connectivity index (χ2v) is 9.60. The quantitative estimate of drug-likeness (QED) is 0.378. The molecule has 2 atom stereocenters. The SMILES string of the molecule is CCCCCc1cc2c(c(OP(=O)(O)O)c1)C1C=C(C)CCC1C(C)(C)O2. The Kier molecular flexibility index (Phi) is 5.77. The topological polar surface area (TPSA) is 76.0 Å². The van der Waals surface area contributed by atoms with Gasteiger partial charge in [-0.25, -0.2) is 4.57 Å². The van der Waals surface area contributed by atoms with Crippen LogP contribution in [-0.4, -0.2) is 15.4 Å². The van der Waals surface area contributed by atoms with Crippen LogP contribution in [0.5, 0.6) is 11.5 Å². The van der Waals surface area contributed by atoms with Gasteiger partial charge in [0.2, 0.25) is 0 Å².